The molecule has 0 bridgehead atoms. The van der Waals surface area contributed by atoms with Gasteiger partial charge in [-0.25, -0.2) is 4.39 Å². The molecule has 1 aromatic rings. The van der Waals surface area contributed by atoms with Crippen LogP contribution in [-0.2, 0) is 9.59 Å². The maximum Gasteiger partial charge on any atom is 0.237 e. The third-order valence-electron chi connectivity index (χ3n) is 9.99. The van der Waals surface area contributed by atoms with Crippen molar-refractivity contribution >= 4 is 17.5 Å². The van der Waals surface area contributed by atoms with Gasteiger partial charge >= 0.3 is 0 Å². The molecule has 32 heavy (non-hydrogen) atoms. The maximum atomic E-state index is 14.2. The van der Waals surface area contributed by atoms with Crippen LogP contribution >= 0.6 is 0 Å². The highest BCUT2D eigenvalue weighted by Gasteiger charge is 2.61. The Hall–Kier alpha value is -1.91. The fourth-order valence-electron chi connectivity index (χ4n) is 8.47. The summed E-state index contributed by atoms with van der Waals surface area (Å²) in [4.78, 5) is 28.7. The number of likely N-dealkylation sites (tertiary alicyclic amines) is 1. The van der Waals surface area contributed by atoms with E-state index in [1.807, 2.05) is 11.8 Å². The average molecular weight is 441 g/mol. The molecule has 5 rings (SSSR count). The molecule has 0 aromatic heterocycles. The van der Waals surface area contributed by atoms with E-state index in [-0.39, 0.29) is 29.0 Å². The van der Waals surface area contributed by atoms with Crippen molar-refractivity contribution < 1.29 is 14.0 Å². The van der Waals surface area contributed by atoms with Gasteiger partial charge in [0.15, 0.2) is 0 Å². The number of para-hydroxylation sites is 1. The molecule has 4 aliphatic rings. The van der Waals surface area contributed by atoms with Gasteiger partial charge in [0.05, 0.1) is 5.69 Å². The maximum absolute atomic E-state index is 14.2. The molecule has 1 N–H and O–H groups in total. The van der Waals surface area contributed by atoms with E-state index in [4.69, 9.17) is 0 Å². The van der Waals surface area contributed by atoms with Gasteiger partial charge < -0.3 is 10.2 Å². The largest absolute Gasteiger partial charge is 0.339 e. The van der Waals surface area contributed by atoms with Crippen LogP contribution in [0.15, 0.2) is 24.3 Å². The summed E-state index contributed by atoms with van der Waals surface area (Å²) in [7, 11) is 0. The molecule has 1 heterocycles. The number of benzene rings is 1. The van der Waals surface area contributed by atoms with Crippen LogP contribution in [0.2, 0.25) is 0 Å². The zero-order valence-electron chi connectivity index (χ0n) is 19.7. The highest BCUT2D eigenvalue weighted by atomic mass is 19.1. The predicted octanol–water partition coefficient (Wildman–Crippen LogP) is 5.63. The van der Waals surface area contributed by atoms with Crippen LogP contribution in [0.4, 0.5) is 10.1 Å². The minimum absolute atomic E-state index is 0.0615. The zero-order chi connectivity index (χ0) is 22.7. The molecule has 5 heteroatoms. The van der Waals surface area contributed by atoms with E-state index in [0.717, 1.165) is 12.3 Å². The van der Waals surface area contributed by atoms with Crippen LogP contribution in [0.5, 0.6) is 0 Å². The third kappa shape index (κ3) is 3.21. The van der Waals surface area contributed by atoms with Crippen LogP contribution in [0.3, 0.4) is 0 Å². The lowest BCUT2D eigenvalue weighted by atomic mass is 9.47. The van der Waals surface area contributed by atoms with Crippen LogP contribution < -0.4 is 5.32 Å². The van der Waals surface area contributed by atoms with E-state index in [1.54, 1.807) is 18.2 Å². The Kier molecular flexibility index (Phi) is 5.37. The summed E-state index contributed by atoms with van der Waals surface area (Å²) in [6.45, 7) is 7.50. The van der Waals surface area contributed by atoms with Crippen LogP contribution in [0.1, 0.15) is 72.1 Å². The SMILES string of the molecule is CCN1C(=O)C(C(=O)Nc2ccccc2F)C[C@@]2(C)C1CC[C@@H]1[C@H]2CC[C@]2(C)CCC[C@@H]12. The van der Waals surface area contributed by atoms with Gasteiger partial charge in [-0.3, -0.25) is 9.59 Å². The molecule has 1 aromatic carbocycles. The Morgan fingerprint density at radius 3 is 2.66 bits per heavy atom. The summed E-state index contributed by atoms with van der Waals surface area (Å²) in [6.07, 6.45) is 9.36. The minimum atomic E-state index is -0.744. The molecule has 2 unspecified atom stereocenters. The first-order valence-corrected chi connectivity index (χ1v) is 12.6. The van der Waals surface area contributed by atoms with E-state index in [1.165, 1.54) is 44.6 Å². The summed E-state index contributed by atoms with van der Waals surface area (Å²) in [5.74, 6) is 0.406. The Labute approximate surface area is 191 Å². The van der Waals surface area contributed by atoms with Crippen LogP contribution in [-0.4, -0.2) is 29.3 Å². The fraction of sp³-hybridized carbons (Fsp3) is 0.704. The highest BCUT2D eigenvalue weighted by molar-refractivity contribution is 6.07. The lowest BCUT2D eigenvalue weighted by Gasteiger charge is -2.62. The number of hydrogen-bond acceptors (Lipinski definition) is 2. The van der Waals surface area contributed by atoms with Gasteiger partial charge in [-0.15, -0.1) is 0 Å². The molecule has 4 fully saturated rings. The van der Waals surface area contributed by atoms with Gasteiger partial charge in [0.1, 0.15) is 11.7 Å². The number of piperidine rings is 1. The summed E-state index contributed by atoms with van der Waals surface area (Å²) in [6, 6.07) is 6.40. The zero-order valence-corrected chi connectivity index (χ0v) is 19.7. The number of carbonyl (C=O) groups excluding carboxylic acids is 2. The number of rotatable bonds is 3. The molecule has 2 amide bonds. The second-order valence-electron chi connectivity index (χ2n) is 11.4. The van der Waals surface area contributed by atoms with Crippen LogP contribution in [0.25, 0.3) is 0 Å². The van der Waals surface area contributed by atoms with Gasteiger partial charge in [-0.05, 0) is 92.6 Å². The highest BCUT2D eigenvalue weighted by Crippen LogP contribution is 2.65. The van der Waals surface area contributed by atoms with Crippen molar-refractivity contribution in [1.82, 2.24) is 4.90 Å². The second-order valence-corrected chi connectivity index (χ2v) is 11.4. The summed E-state index contributed by atoms with van der Waals surface area (Å²) in [5.41, 5.74) is 0.580. The van der Waals surface area contributed by atoms with Crippen molar-refractivity contribution in [2.24, 2.45) is 34.5 Å². The summed E-state index contributed by atoms with van der Waals surface area (Å²) >= 11 is 0. The van der Waals surface area contributed by atoms with E-state index < -0.39 is 11.7 Å². The van der Waals surface area contributed by atoms with Gasteiger partial charge in [-0.1, -0.05) is 32.4 Å². The van der Waals surface area contributed by atoms with Crippen LogP contribution in [0, 0.1) is 40.3 Å². The first kappa shape index (κ1) is 21.9. The minimum Gasteiger partial charge on any atom is -0.339 e. The van der Waals surface area contributed by atoms with E-state index in [2.05, 4.69) is 19.2 Å². The number of hydrogen-bond donors (Lipinski definition) is 1. The Morgan fingerprint density at radius 1 is 1.12 bits per heavy atom. The topological polar surface area (TPSA) is 49.4 Å². The number of anilines is 1. The van der Waals surface area contributed by atoms with Gasteiger partial charge in [0.25, 0.3) is 0 Å². The molecule has 174 valence electrons. The standard InChI is InChI=1S/C27H37FN2O2/c1-4-30-23-12-11-17-19-8-7-14-26(19,2)15-13-20(17)27(23,3)16-18(25(30)32)24(31)29-22-10-6-5-9-21(22)28/h5-6,9-10,17-20,23H,4,7-8,11-16H2,1-3H3,(H,29,31)/t17-,18?,19-,20+,23?,26-,27+/m0/s1. The Balaban J connectivity index is 1.44. The fourth-order valence-corrected chi connectivity index (χ4v) is 8.47. The normalized spacial score (nSPS) is 40.9. The van der Waals surface area contributed by atoms with Crippen molar-refractivity contribution in [3.63, 3.8) is 0 Å². The summed E-state index contributed by atoms with van der Waals surface area (Å²) in [5, 5.41) is 2.72. The average Bonchev–Trinajstić information content (AvgIpc) is 3.17. The molecule has 1 aliphatic heterocycles. The molecule has 3 aliphatic carbocycles. The molecule has 1 saturated heterocycles. The molecule has 4 nitrogen and oxygen atoms in total. The van der Waals surface area contributed by atoms with Crippen molar-refractivity contribution in [1.29, 1.82) is 0 Å². The lowest BCUT2D eigenvalue weighted by molar-refractivity contribution is -0.170. The Bertz CT molecular complexity index is 919. The molecule has 0 radical (unpaired) electrons. The third-order valence-corrected chi connectivity index (χ3v) is 9.99. The molecular formula is C27H37FN2O2. The number of carbonyl (C=O) groups is 2. The second kappa shape index (κ2) is 7.85. The summed E-state index contributed by atoms with van der Waals surface area (Å²) < 4.78 is 14.2. The monoisotopic (exact) mass is 440 g/mol. The van der Waals surface area contributed by atoms with Crippen molar-refractivity contribution in [3.05, 3.63) is 30.1 Å². The van der Waals surface area contributed by atoms with E-state index in [0.29, 0.717) is 30.2 Å². The van der Waals surface area contributed by atoms with E-state index >= 15 is 0 Å². The van der Waals surface area contributed by atoms with E-state index in [9.17, 15) is 14.0 Å². The molecular weight excluding hydrogens is 403 g/mol. The number of nitrogens with zero attached hydrogens (tertiary/aromatic N) is 1. The number of amides is 2. The lowest BCUT2D eigenvalue weighted by Crippen LogP contribution is -2.65. The van der Waals surface area contributed by atoms with Crippen molar-refractivity contribution in [2.45, 2.75) is 78.2 Å². The van der Waals surface area contributed by atoms with Gasteiger partial charge in [0.2, 0.25) is 11.8 Å². The first-order chi connectivity index (χ1) is 15.3. The molecule has 3 saturated carbocycles. The number of nitrogens with one attached hydrogen (secondary N) is 1. The molecule has 7 atom stereocenters. The Morgan fingerprint density at radius 2 is 1.91 bits per heavy atom. The number of fused-ring (bicyclic) bond motifs is 5. The number of halogens is 1. The smallest absolute Gasteiger partial charge is 0.237 e. The quantitative estimate of drug-likeness (QED) is 0.619. The van der Waals surface area contributed by atoms with Crippen molar-refractivity contribution in [2.75, 3.05) is 11.9 Å². The molecule has 0 spiro atoms. The van der Waals surface area contributed by atoms with Crippen molar-refractivity contribution in [3.8, 4) is 0 Å². The predicted molar refractivity (Wildman–Crippen MR) is 123 cm³/mol. The van der Waals surface area contributed by atoms with Gasteiger partial charge in [-0.2, -0.15) is 0 Å². The van der Waals surface area contributed by atoms with Gasteiger partial charge in [0, 0.05) is 12.6 Å². The first-order valence-electron chi connectivity index (χ1n) is 12.6.